The number of rotatable bonds is 4. The van der Waals surface area contributed by atoms with Crippen LogP contribution in [-0.4, -0.2) is 27.2 Å². The normalized spacial score (nSPS) is 15.5. The predicted octanol–water partition coefficient (Wildman–Crippen LogP) is 3.82. The molecule has 0 atom stereocenters. The van der Waals surface area contributed by atoms with Gasteiger partial charge in [0.1, 0.15) is 5.82 Å². The molecule has 2 heterocycles. The molecule has 2 aromatic heterocycles. The van der Waals surface area contributed by atoms with Gasteiger partial charge in [-0.3, -0.25) is 9.69 Å². The van der Waals surface area contributed by atoms with Crippen molar-refractivity contribution in [1.82, 2.24) is 14.8 Å². The number of carbonyl (C=O) groups is 1. The molecule has 1 aliphatic rings. The summed E-state index contributed by atoms with van der Waals surface area (Å²) in [7, 11) is 0. The Labute approximate surface area is 143 Å². The van der Waals surface area contributed by atoms with Gasteiger partial charge in [0.2, 0.25) is 5.91 Å². The smallest absolute Gasteiger partial charge is 0.231 e. The number of anilines is 1. The minimum absolute atomic E-state index is 0.149. The van der Waals surface area contributed by atoms with Crippen LogP contribution in [0.3, 0.4) is 0 Å². The van der Waals surface area contributed by atoms with Crippen molar-refractivity contribution in [2.24, 2.45) is 5.92 Å². The first kappa shape index (κ1) is 16.7. The molecule has 1 amide bonds. The third kappa shape index (κ3) is 3.50. The lowest BCUT2D eigenvalue weighted by atomic mass is 9.88. The van der Waals surface area contributed by atoms with Crippen LogP contribution < -0.4 is 4.90 Å². The molecule has 0 N–H and O–H groups in total. The summed E-state index contributed by atoms with van der Waals surface area (Å²) in [6.45, 7) is 6.59. The van der Waals surface area contributed by atoms with Crippen molar-refractivity contribution in [1.29, 1.82) is 0 Å². The van der Waals surface area contributed by atoms with Crippen LogP contribution in [0.2, 0.25) is 0 Å². The van der Waals surface area contributed by atoms with Gasteiger partial charge in [-0.05, 0) is 45.7 Å². The molecule has 0 saturated heterocycles. The number of hydrogen-bond acceptors (Lipinski definition) is 3. The summed E-state index contributed by atoms with van der Waals surface area (Å²) in [5.41, 5.74) is 2.81. The monoisotopic (exact) mass is 326 g/mol. The summed E-state index contributed by atoms with van der Waals surface area (Å²) in [6, 6.07) is 5.93. The van der Waals surface area contributed by atoms with Crippen molar-refractivity contribution < 1.29 is 4.79 Å². The summed E-state index contributed by atoms with van der Waals surface area (Å²) in [5, 5.41) is 4.47. The molecule has 5 heteroatoms. The Morgan fingerprint density at radius 3 is 2.58 bits per heavy atom. The fourth-order valence-corrected chi connectivity index (χ4v) is 3.46. The van der Waals surface area contributed by atoms with Crippen molar-refractivity contribution in [3.05, 3.63) is 35.8 Å². The summed E-state index contributed by atoms with van der Waals surface area (Å²) < 4.78 is 1.84. The fraction of sp³-hybridized carbons (Fsp3) is 0.526. The van der Waals surface area contributed by atoms with Crippen molar-refractivity contribution in [2.45, 2.75) is 52.9 Å². The van der Waals surface area contributed by atoms with E-state index in [9.17, 15) is 4.79 Å². The maximum absolute atomic E-state index is 13.0. The molecule has 0 radical (unpaired) electrons. The maximum Gasteiger partial charge on any atom is 0.231 e. The first-order valence-corrected chi connectivity index (χ1v) is 8.91. The second-order valence-electron chi connectivity index (χ2n) is 6.64. The van der Waals surface area contributed by atoms with E-state index in [0.717, 1.165) is 48.6 Å². The van der Waals surface area contributed by atoms with Gasteiger partial charge in [0.15, 0.2) is 0 Å². The van der Waals surface area contributed by atoms with E-state index in [0.29, 0.717) is 6.54 Å². The highest BCUT2D eigenvalue weighted by Crippen LogP contribution is 2.28. The van der Waals surface area contributed by atoms with Crippen LogP contribution >= 0.6 is 0 Å². The average Bonchev–Trinajstić information content (AvgIpc) is 3.02. The van der Waals surface area contributed by atoms with Crippen LogP contribution in [0.1, 0.15) is 50.4 Å². The largest absolute Gasteiger partial charge is 0.297 e. The number of aromatic nitrogens is 3. The molecular formula is C19H26N4O. The summed E-state index contributed by atoms with van der Waals surface area (Å²) in [5.74, 6) is 1.10. The van der Waals surface area contributed by atoms with E-state index in [2.05, 4.69) is 10.1 Å². The number of hydrogen-bond donors (Lipinski definition) is 0. The molecule has 0 spiro atoms. The zero-order chi connectivity index (χ0) is 17.1. The van der Waals surface area contributed by atoms with Crippen LogP contribution in [0.4, 0.5) is 5.82 Å². The molecule has 24 heavy (non-hydrogen) atoms. The number of amides is 1. The number of nitrogens with zero attached hydrogens (tertiary/aromatic N) is 4. The molecule has 1 fully saturated rings. The SMILES string of the molecule is CCN(C(=O)C1CCCCC1)c1cc(-n2ccc(C)n2)cc(C)n1. The highest BCUT2D eigenvalue weighted by molar-refractivity contribution is 5.94. The Morgan fingerprint density at radius 1 is 1.21 bits per heavy atom. The second-order valence-corrected chi connectivity index (χ2v) is 6.64. The molecule has 2 aromatic rings. The van der Waals surface area contributed by atoms with Gasteiger partial charge in [-0.1, -0.05) is 19.3 Å². The molecule has 3 rings (SSSR count). The molecular weight excluding hydrogens is 300 g/mol. The zero-order valence-electron chi connectivity index (χ0n) is 14.8. The Balaban J connectivity index is 1.91. The second kappa shape index (κ2) is 7.16. The van der Waals surface area contributed by atoms with E-state index in [1.54, 1.807) is 0 Å². The Hall–Kier alpha value is -2.17. The predicted molar refractivity (Wildman–Crippen MR) is 95.4 cm³/mol. The summed E-state index contributed by atoms with van der Waals surface area (Å²) >= 11 is 0. The highest BCUT2D eigenvalue weighted by atomic mass is 16.2. The average molecular weight is 326 g/mol. The van der Waals surface area contributed by atoms with E-state index in [-0.39, 0.29) is 11.8 Å². The lowest BCUT2D eigenvalue weighted by Gasteiger charge is -2.28. The number of pyridine rings is 1. The topological polar surface area (TPSA) is 51.0 Å². The van der Waals surface area contributed by atoms with Crippen molar-refractivity contribution in [2.75, 3.05) is 11.4 Å². The summed E-state index contributed by atoms with van der Waals surface area (Å²) in [6.07, 6.45) is 7.52. The van der Waals surface area contributed by atoms with Gasteiger partial charge in [0.25, 0.3) is 0 Å². The van der Waals surface area contributed by atoms with Crippen molar-refractivity contribution in [3.63, 3.8) is 0 Å². The molecule has 0 aromatic carbocycles. The summed E-state index contributed by atoms with van der Waals surface area (Å²) in [4.78, 5) is 19.4. The molecule has 1 aliphatic carbocycles. The first-order valence-electron chi connectivity index (χ1n) is 8.91. The molecule has 0 bridgehead atoms. The van der Waals surface area contributed by atoms with Crippen molar-refractivity contribution in [3.8, 4) is 5.69 Å². The van der Waals surface area contributed by atoms with Crippen LogP contribution in [0.25, 0.3) is 5.69 Å². The minimum Gasteiger partial charge on any atom is -0.297 e. The lowest BCUT2D eigenvalue weighted by Crippen LogP contribution is -2.37. The molecule has 128 valence electrons. The van der Waals surface area contributed by atoms with E-state index < -0.39 is 0 Å². The first-order chi connectivity index (χ1) is 11.6. The van der Waals surface area contributed by atoms with Gasteiger partial charge in [-0.2, -0.15) is 5.10 Å². The Kier molecular flexibility index (Phi) is 4.97. The van der Waals surface area contributed by atoms with Crippen LogP contribution in [0.5, 0.6) is 0 Å². The fourth-order valence-electron chi connectivity index (χ4n) is 3.46. The van der Waals surface area contributed by atoms with Crippen LogP contribution in [0.15, 0.2) is 24.4 Å². The molecule has 0 aliphatic heterocycles. The van der Waals surface area contributed by atoms with Crippen molar-refractivity contribution >= 4 is 11.7 Å². The highest BCUT2D eigenvalue weighted by Gasteiger charge is 2.27. The molecule has 0 unspecified atom stereocenters. The van der Waals surface area contributed by atoms with E-state index >= 15 is 0 Å². The Bertz CT molecular complexity index is 716. The molecule has 1 saturated carbocycles. The molecule has 5 nitrogen and oxygen atoms in total. The van der Waals surface area contributed by atoms with Gasteiger partial charge >= 0.3 is 0 Å². The third-order valence-electron chi connectivity index (χ3n) is 4.72. The quantitative estimate of drug-likeness (QED) is 0.858. The zero-order valence-corrected chi connectivity index (χ0v) is 14.8. The Morgan fingerprint density at radius 2 is 1.96 bits per heavy atom. The minimum atomic E-state index is 0.149. The van der Waals surface area contributed by atoms with E-state index in [4.69, 9.17) is 0 Å². The van der Waals surface area contributed by atoms with Gasteiger partial charge in [-0.25, -0.2) is 9.67 Å². The number of carbonyl (C=O) groups excluding carboxylic acids is 1. The standard InChI is InChI=1S/C19H26N4O/c1-4-22(19(24)16-8-6-5-7-9-16)18-13-17(12-15(3)20-18)23-11-10-14(2)21-23/h10-13,16H,4-9H2,1-3H3. The van der Waals surface area contributed by atoms with Gasteiger partial charge in [0, 0.05) is 30.4 Å². The van der Waals surface area contributed by atoms with E-state index in [1.165, 1.54) is 6.42 Å². The van der Waals surface area contributed by atoms with E-state index in [1.807, 2.05) is 54.7 Å². The van der Waals surface area contributed by atoms with Crippen LogP contribution in [-0.2, 0) is 4.79 Å². The van der Waals surface area contributed by atoms with Gasteiger partial charge < -0.3 is 0 Å². The maximum atomic E-state index is 13.0. The number of aryl methyl sites for hydroxylation is 2. The lowest BCUT2D eigenvalue weighted by molar-refractivity contribution is -0.123. The third-order valence-corrected chi connectivity index (χ3v) is 4.72. The van der Waals surface area contributed by atoms with Crippen LogP contribution in [0, 0.1) is 19.8 Å². The van der Waals surface area contributed by atoms with Gasteiger partial charge in [0.05, 0.1) is 11.4 Å². The van der Waals surface area contributed by atoms with Gasteiger partial charge in [-0.15, -0.1) is 0 Å².